The van der Waals surface area contributed by atoms with Gasteiger partial charge in [0.2, 0.25) is 0 Å². The molecule has 0 spiro atoms. The summed E-state index contributed by atoms with van der Waals surface area (Å²) in [5, 5.41) is 31.6. The van der Waals surface area contributed by atoms with Gasteiger partial charge in [0.15, 0.2) is 0 Å². The summed E-state index contributed by atoms with van der Waals surface area (Å²) in [6.07, 6.45) is -1.44. The molecule has 4 heteroatoms. The van der Waals surface area contributed by atoms with E-state index in [1.54, 1.807) is 0 Å². The van der Waals surface area contributed by atoms with E-state index in [9.17, 15) is 15.3 Å². The van der Waals surface area contributed by atoms with Crippen LogP contribution in [0.25, 0.3) is 0 Å². The number of rotatable bonds is 9. The van der Waals surface area contributed by atoms with Crippen LogP contribution in [-0.2, 0) is 0 Å². The highest BCUT2D eigenvalue weighted by Gasteiger charge is 2.25. The fourth-order valence-corrected chi connectivity index (χ4v) is 3.44. The highest BCUT2D eigenvalue weighted by Crippen LogP contribution is 2.26. The lowest BCUT2D eigenvalue weighted by Crippen LogP contribution is -2.37. The molecule has 0 saturated carbocycles. The first-order valence-electron chi connectivity index (χ1n) is 9.55. The number of hydrogen-bond acceptors (Lipinski definition) is 4. The summed E-state index contributed by atoms with van der Waals surface area (Å²) < 4.78 is 0. The van der Waals surface area contributed by atoms with Gasteiger partial charge in [0.25, 0.3) is 0 Å². The van der Waals surface area contributed by atoms with Gasteiger partial charge in [0.1, 0.15) is 0 Å². The monoisotopic (exact) mass is 377 g/mol. The second-order valence-electron chi connectivity index (χ2n) is 6.92. The van der Waals surface area contributed by atoms with Crippen molar-refractivity contribution >= 4 is 0 Å². The van der Waals surface area contributed by atoms with Crippen LogP contribution in [0.5, 0.6) is 0 Å². The Morgan fingerprint density at radius 2 is 0.929 bits per heavy atom. The van der Waals surface area contributed by atoms with Crippen molar-refractivity contribution in [3.05, 3.63) is 108 Å². The van der Waals surface area contributed by atoms with Gasteiger partial charge < -0.3 is 15.3 Å². The lowest BCUT2D eigenvalue weighted by Gasteiger charge is -2.34. The first-order chi connectivity index (χ1) is 13.7. The van der Waals surface area contributed by atoms with E-state index in [-0.39, 0.29) is 12.6 Å². The molecule has 0 radical (unpaired) electrons. The smallest absolute Gasteiger partial charge is 0.0917 e. The van der Waals surface area contributed by atoms with Crippen molar-refractivity contribution in [2.45, 2.75) is 18.2 Å². The van der Waals surface area contributed by atoms with Crippen LogP contribution in [0.4, 0.5) is 0 Å². The van der Waals surface area contributed by atoms with Crippen molar-refractivity contribution in [3.8, 4) is 0 Å². The first-order valence-corrected chi connectivity index (χ1v) is 9.55. The summed E-state index contributed by atoms with van der Waals surface area (Å²) in [5.41, 5.74) is 2.57. The van der Waals surface area contributed by atoms with Crippen molar-refractivity contribution in [1.82, 2.24) is 4.90 Å². The first kappa shape index (κ1) is 20.2. The van der Waals surface area contributed by atoms with Crippen LogP contribution in [0.1, 0.15) is 34.9 Å². The van der Waals surface area contributed by atoms with Gasteiger partial charge in [0.05, 0.1) is 24.9 Å². The lowest BCUT2D eigenvalue weighted by molar-refractivity contribution is 0.0256. The fraction of sp³-hybridized carbons (Fsp3) is 0.250. The number of aliphatic hydroxyl groups is 3. The average molecular weight is 377 g/mol. The molecule has 0 heterocycles. The molecule has 0 aliphatic heterocycles. The quantitative estimate of drug-likeness (QED) is 0.534. The summed E-state index contributed by atoms with van der Waals surface area (Å²) in [7, 11) is 0. The molecule has 0 saturated heterocycles. The molecule has 0 aliphatic carbocycles. The zero-order valence-electron chi connectivity index (χ0n) is 15.8. The minimum absolute atomic E-state index is 0.104. The molecule has 28 heavy (non-hydrogen) atoms. The van der Waals surface area contributed by atoms with E-state index in [1.807, 2.05) is 95.9 Å². The van der Waals surface area contributed by atoms with Crippen LogP contribution in [0.15, 0.2) is 91.0 Å². The predicted octanol–water partition coefficient (Wildman–Crippen LogP) is 3.49. The minimum atomic E-state index is -0.720. The second kappa shape index (κ2) is 10.2. The number of nitrogens with zero attached hydrogens (tertiary/aromatic N) is 1. The SMILES string of the molecule is OC[C@@H](c1ccccc1)N(C[C@@H](O)c1ccccc1)C[C@H](O)c1ccccc1. The molecule has 3 aromatic carbocycles. The Labute approximate surface area is 166 Å². The molecule has 3 atom stereocenters. The van der Waals surface area contributed by atoms with Crippen LogP contribution in [0, 0.1) is 0 Å². The van der Waals surface area contributed by atoms with Crippen molar-refractivity contribution < 1.29 is 15.3 Å². The third kappa shape index (κ3) is 5.27. The van der Waals surface area contributed by atoms with E-state index in [0.717, 1.165) is 16.7 Å². The Bertz CT molecular complexity index is 764. The molecule has 0 aromatic heterocycles. The summed E-state index contributed by atoms with van der Waals surface area (Å²) in [6.45, 7) is 0.495. The second-order valence-corrected chi connectivity index (χ2v) is 6.92. The molecule has 0 unspecified atom stereocenters. The molecule has 0 aliphatic rings. The zero-order chi connectivity index (χ0) is 19.8. The highest BCUT2D eigenvalue weighted by molar-refractivity contribution is 5.22. The normalized spacial score (nSPS) is 14.6. The van der Waals surface area contributed by atoms with E-state index in [4.69, 9.17) is 0 Å². The summed E-state index contributed by atoms with van der Waals surface area (Å²) in [4.78, 5) is 1.95. The van der Waals surface area contributed by atoms with Gasteiger partial charge in [-0.2, -0.15) is 0 Å². The Balaban J connectivity index is 1.84. The standard InChI is InChI=1S/C24H27NO3/c26-18-22(19-10-4-1-5-11-19)25(16-23(27)20-12-6-2-7-13-20)17-24(28)21-14-8-3-9-15-21/h1-15,22-24,26-28H,16-18H2/t22-,23-,24+/m0/s1. The van der Waals surface area contributed by atoms with Crippen molar-refractivity contribution in [1.29, 1.82) is 0 Å². The van der Waals surface area contributed by atoms with E-state index in [2.05, 4.69) is 0 Å². The minimum Gasteiger partial charge on any atom is -0.394 e. The maximum Gasteiger partial charge on any atom is 0.0917 e. The summed E-state index contributed by atoms with van der Waals surface area (Å²) in [5.74, 6) is 0. The Morgan fingerprint density at radius 1 is 0.571 bits per heavy atom. The maximum atomic E-state index is 10.8. The highest BCUT2D eigenvalue weighted by atomic mass is 16.3. The van der Waals surface area contributed by atoms with Gasteiger partial charge in [-0.1, -0.05) is 91.0 Å². The zero-order valence-corrected chi connectivity index (χ0v) is 15.8. The average Bonchev–Trinajstić information content (AvgIpc) is 2.76. The lowest BCUT2D eigenvalue weighted by atomic mass is 10.0. The van der Waals surface area contributed by atoms with E-state index >= 15 is 0 Å². The maximum absolute atomic E-state index is 10.8. The summed E-state index contributed by atoms with van der Waals surface area (Å²) >= 11 is 0. The number of benzene rings is 3. The van der Waals surface area contributed by atoms with Gasteiger partial charge >= 0.3 is 0 Å². The molecule has 3 N–H and O–H groups in total. The molecule has 0 fully saturated rings. The van der Waals surface area contributed by atoms with Crippen LogP contribution < -0.4 is 0 Å². The van der Waals surface area contributed by atoms with E-state index in [0.29, 0.717) is 13.1 Å². The number of hydrogen-bond donors (Lipinski definition) is 3. The molecule has 4 nitrogen and oxygen atoms in total. The Hall–Kier alpha value is -2.50. The number of aliphatic hydroxyl groups excluding tert-OH is 3. The van der Waals surface area contributed by atoms with Crippen LogP contribution in [0.3, 0.4) is 0 Å². The Kier molecular flexibility index (Phi) is 7.34. The molecule has 3 rings (SSSR count). The van der Waals surface area contributed by atoms with Crippen LogP contribution in [0.2, 0.25) is 0 Å². The molecule has 146 valence electrons. The molecular weight excluding hydrogens is 350 g/mol. The van der Waals surface area contributed by atoms with Crippen molar-refractivity contribution in [3.63, 3.8) is 0 Å². The van der Waals surface area contributed by atoms with Gasteiger partial charge in [-0.05, 0) is 16.7 Å². The fourth-order valence-electron chi connectivity index (χ4n) is 3.44. The largest absolute Gasteiger partial charge is 0.394 e. The Morgan fingerprint density at radius 3 is 1.29 bits per heavy atom. The third-order valence-corrected chi connectivity index (χ3v) is 4.98. The predicted molar refractivity (Wildman–Crippen MR) is 111 cm³/mol. The van der Waals surface area contributed by atoms with E-state index in [1.165, 1.54) is 0 Å². The van der Waals surface area contributed by atoms with Crippen molar-refractivity contribution in [2.24, 2.45) is 0 Å². The van der Waals surface area contributed by atoms with Crippen LogP contribution in [-0.4, -0.2) is 39.9 Å². The third-order valence-electron chi connectivity index (χ3n) is 4.98. The molecule has 0 amide bonds. The molecule has 0 bridgehead atoms. The van der Waals surface area contributed by atoms with Gasteiger partial charge in [-0.3, -0.25) is 4.90 Å². The molecule has 3 aromatic rings. The topological polar surface area (TPSA) is 63.9 Å². The van der Waals surface area contributed by atoms with Gasteiger partial charge in [-0.25, -0.2) is 0 Å². The van der Waals surface area contributed by atoms with Gasteiger partial charge in [0, 0.05) is 13.1 Å². The van der Waals surface area contributed by atoms with E-state index < -0.39 is 12.2 Å². The summed E-state index contributed by atoms with van der Waals surface area (Å²) in [6, 6.07) is 28.3. The van der Waals surface area contributed by atoms with Gasteiger partial charge in [-0.15, -0.1) is 0 Å². The van der Waals surface area contributed by atoms with Crippen molar-refractivity contribution in [2.75, 3.05) is 19.7 Å². The molecular formula is C24H27NO3. The van der Waals surface area contributed by atoms with Crippen LogP contribution >= 0.6 is 0 Å².